The van der Waals surface area contributed by atoms with E-state index >= 15 is 0 Å². The van der Waals surface area contributed by atoms with Gasteiger partial charge in [0.25, 0.3) is 0 Å². The van der Waals surface area contributed by atoms with Crippen LogP contribution in [0.4, 0.5) is 0 Å². The maximum absolute atomic E-state index is 12.0. The van der Waals surface area contributed by atoms with Crippen molar-refractivity contribution in [2.75, 3.05) is 0 Å². The fourth-order valence-corrected chi connectivity index (χ4v) is 2.12. The second kappa shape index (κ2) is 5.57. The molecule has 0 saturated heterocycles. The van der Waals surface area contributed by atoms with E-state index in [-0.39, 0.29) is 5.97 Å². The molecule has 3 rings (SSSR count). The molecular weight excluding hydrogens is 248 g/mol. The summed E-state index contributed by atoms with van der Waals surface area (Å²) in [5.74, 6) is -0.292. The Morgan fingerprint density at radius 2 is 1.50 bits per heavy atom. The van der Waals surface area contributed by atoms with E-state index in [1.165, 1.54) is 0 Å². The topological polar surface area (TPSA) is 26.3 Å². The Bertz CT molecular complexity index is 733. The average Bonchev–Trinajstić information content (AvgIpc) is 2.53. The Balaban J connectivity index is 1.75. The Morgan fingerprint density at radius 3 is 2.30 bits per heavy atom. The Morgan fingerprint density at radius 1 is 0.800 bits per heavy atom. The van der Waals surface area contributed by atoms with E-state index in [4.69, 9.17) is 4.74 Å². The summed E-state index contributed by atoms with van der Waals surface area (Å²) in [6.07, 6.45) is 0. The molecule has 20 heavy (non-hydrogen) atoms. The molecule has 3 aromatic carbocycles. The van der Waals surface area contributed by atoms with Gasteiger partial charge in [-0.1, -0.05) is 60.7 Å². The molecule has 0 aliphatic rings. The average molecular weight is 262 g/mol. The van der Waals surface area contributed by atoms with Gasteiger partial charge in [-0.25, -0.2) is 4.79 Å². The van der Waals surface area contributed by atoms with Crippen molar-refractivity contribution in [1.82, 2.24) is 0 Å². The molecule has 2 nitrogen and oxygen atoms in total. The Labute approximate surface area is 117 Å². The molecule has 0 bridgehead atoms. The van der Waals surface area contributed by atoms with Gasteiger partial charge in [-0.3, -0.25) is 0 Å². The quantitative estimate of drug-likeness (QED) is 0.661. The highest BCUT2D eigenvalue weighted by atomic mass is 16.5. The molecule has 0 N–H and O–H groups in total. The van der Waals surface area contributed by atoms with Gasteiger partial charge in [0.2, 0.25) is 0 Å². The second-order valence-corrected chi connectivity index (χ2v) is 4.62. The molecule has 0 aliphatic carbocycles. The summed E-state index contributed by atoms with van der Waals surface area (Å²) in [5.41, 5.74) is 1.57. The summed E-state index contributed by atoms with van der Waals surface area (Å²) < 4.78 is 5.32. The first kappa shape index (κ1) is 12.4. The number of rotatable bonds is 3. The lowest BCUT2D eigenvalue weighted by Crippen LogP contribution is -2.05. The van der Waals surface area contributed by atoms with Crippen molar-refractivity contribution in [2.45, 2.75) is 6.61 Å². The Hall–Kier alpha value is -2.61. The van der Waals surface area contributed by atoms with Crippen molar-refractivity contribution in [1.29, 1.82) is 0 Å². The molecule has 0 radical (unpaired) electrons. The lowest BCUT2D eigenvalue weighted by molar-refractivity contribution is 0.0473. The van der Waals surface area contributed by atoms with Gasteiger partial charge in [0.1, 0.15) is 6.61 Å². The van der Waals surface area contributed by atoms with Crippen LogP contribution in [-0.2, 0) is 11.3 Å². The maximum atomic E-state index is 12.0. The maximum Gasteiger partial charge on any atom is 0.338 e. The third-order valence-electron chi connectivity index (χ3n) is 3.20. The molecule has 0 amide bonds. The highest BCUT2D eigenvalue weighted by Crippen LogP contribution is 2.16. The van der Waals surface area contributed by atoms with Crippen LogP contribution in [0.15, 0.2) is 72.8 Å². The number of carbonyl (C=O) groups excluding carboxylic acids is 1. The highest BCUT2D eigenvalue weighted by molar-refractivity contribution is 5.95. The van der Waals surface area contributed by atoms with Gasteiger partial charge in [-0.2, -0.15) is 0 Å². The van der Waals surface area contributed by atoms with Gasteiger partial charge in [0, 0.05) is 0 Å². The predicted molar refractivity (Wildman–Crippen MR) is 79.5 cm³/mol. The number of benzene rings is 3. The van der Waals surface area contributed by atoms with Crippen LogP contribution >= 0.6 is 0 Å². The van der Waals surface area contributed by atoms with Crippen LogP contribution in [0, 0.1) is 0 Å². The normalized spacial score (nSPS) is 10.4. The molecule has 2 heteroatoms. The summed E-state index contributed by atoms with van der Waals surface area (Å²) in [4.78, 5) is 12.0. The lowest BCUT2D eigenvalue weighted by atomic mass is 10.1. The first-order valence-corrected chi connectivity index (χ1v) is 6.53. The first-order valence-electron chi connectivity index (χ1n) is 6.53. The van der Waals surface area contributed by atoms with Crippen LogP contribution in [0.5, 0.6) is 0 Å². The van der Waals surface area contributed by atoms with E-state index in [9.17, 15) is 4.79 Å². The highest BCUT2D eigenvalue weighted by Gasteiger charge is 2.07. The third kappa shape index (κ3) is 2.69. The zero-order valence-electron chi connectivity index (χ0n) is 11.0. The fraction of sp³-hybridized carbons (Fsp3) is 0.0556. The molecule has 0 aliphatic heterocycles. The minimum atomic E-state index is -0.292. The van der Waals surface area contributed by atoms with Gasteiger partial charge >= 0.3 is 5.97 Å². The smallest absolute Gasteiger partial charge is 0.338 e. The van der Waals surface area contributed by atoms with E-state index in [0.717, 1.165) is 16.3 Å². The molecule has 3 aromatic rings. The number of hydrogen-bond acceptors (Lipinski definition) is 2. The van der Waals surface area contributed by atoms with Crippen LogP contribution in [0.1, 0.15) is 15.9 Å². The number of esters is 1. The molecular formula is C18H14O2. The molecule has 0 fully saturated rings. The van der Waals surface area contributed by atoms with Crippen molar-refractivity contribution < 1.29 is 9.53 Å². The van der Waals surface area contributed by atoms with Crippen LogP contribution < -0.4 is 0 Å². The van der Waals surface area contributed by atoms with E-state index in [1.807, 2.05) is 66.7 Å². The van der Waals surface area contributed by atoms with Crippen LogP contribution in [0.3, 0.4) is 0 Å². The van der Waals surface area contributed by atoms with Crippen LogP contribution in [-0.4, -0.2) is 5.97 Å². The SMILES string of the molecule is O=C(OCc1ccccc1)c1ccc2ccccc2c1. The zero-order chi connectivity index (χ0) is 13.8. The van der Waals surface area contributed by atoms with Crippen molar-refractivity contribution in [3.05, 3.63) is 83.9 Å². The standard InChI is InChI=1S/C18H14O2/c19-18(20-13-14-6-2-1-3-7-14)17-11-10-15-8-4-5-9-16(15)12-17/h1-12H,13H2. The van der Waals surface area contributed by atoms with Crippen molar-refractivity contribution in [3.8, 4) is 0 Å². The number of carbonyl (C=O) groups is 1. The fourth-order valence-electron chi connectivity index (χ4n) is 2.12. The summed E-state index contributed by atoms with van der Waals surface area (Å²) in [5, 5.41) is 2.16. The van der Waals surface area contributed by atoms with E-state index < -0.39 is 0 Å². The van der Waals surface area contributed by atoms with Crippen molar-refractivity contribution in [3.63, 3.8) is 0 Å². The minimum absolute atomic E-state index is 0.292. The number of ether oxygens (including phenoxy) is 1. The zero-order valence-corrected chi connectivity index (χ0v) is 11.0. The van der Waals surface area contributed by atoms with E-state index in [2.05, 4.69) is 0 Å². The molecule has 98 valence electrons. The first-order chi connectivity index (χ1) is 9.83. The molecule has 0 unspecified atom stereocenters. The predicted octanol–water partition coefficient (Wildman–Crippen LogP) is 4.20. The van der Waals surface area contributed by atoms with E-state index in [1.54, 1.807) is 6.07 Å². The molecule has 0 heterocycles. The Kier molecular flexibility index (Phi) is 3.46. The molecule has 0 spiro atoms. The molecule has 0 atom stereocenters. The largest absolute Gasteiger partial charge is 0.457 e. The van der Waals surface area contributed by atoms with E-state index in [0.29, 0.717) is 12.2 Å². The van der Waals surface area contributed by atoms with Crippen molar-refractivity contribution >= 4 is 16.7 Å². The molecule has 0 aromatic heterocycles. The van der Waals surface area contributed by atoms with Gasteiger partial charge < -0.3 is 4.74 Å². The van der Waals surface area contributed by atoms with Crippen LogP contribution in [0.25, 0.3) is 10.8 Å². The van der Waals surface area contributed by atoms with Crippen molar-refractivity contribution in [2.24, 2.45) is 0 Å². The number of fused-ring (bicyclic) bond motifs is 1. The summed E-state index contributed by atoms with van der Waals surface area (Å²) in [7, 11) is 0. The monoisotopic (exact) mass is 262 g/mol. The number of hydrogen-bond donors (Lipinski definition) is 0. The third-order valence-corrected chi connectivity index (χ3v) is 3.20. The summed E-state index contributed by atoms with van der Waals surface area (Å²) in [6, 6.07) is 23.2. The molecule has 0 saturated carbocycles. The second-order valence-electron chi connectivity index (χ2n) is 4.62. The van der Waals surface area contributed by atoms with Gasteiger partial charge in [-0.15, -0.1) is 0 Å². The lowest BCUT2D eigenvalue weighted by Gasteiger charge is -2.06. The summed E-state index contributed by atoms with van der Waals surface area (Å²) in [6.45, 7) is 0.298. The van der Waals surface area contributed by atoms with Gasteiger partial charge in [0.05, 0.1) is 5.56 Å². The van der Waals surface area contributed by atoms with Crippen LogP contribution in [0.2, 0.25) is 0 Å². The summed E-state index contributed by atoms with van der Waals surface area (Å²) >= 11 is 0. The van der Waals surface area contributed by atoms with Gasteiger partial charge in [0.15, 0.2) is 0 Å². The minimum Gasteiger partial charge on any atom is -0.457 e. The van der Waals surface area contributed by atoms with Gasteiger partial charge in [-0.05, 0) is 28.5 Å².